The maximum Gasteiger partial charge on any atom is 0.234 e. The summed E-state index contributed by atoms with van der Waals surface area (Å²) in [5, 5.41) is 0.627. The van der Waals surface area contributed by atoms with Crippen LogP contribution >= 0.6 is 11.6 Å². The van der Waals surface area contributed by atoms with Crippen LogP contribution in [0, 0.1) is 0 Å². The second-order valence-electron chi connectivity index (χ2n) is 1.86. The second kappa shape index (κ2) is 1.95. The molecule has 2 rings (SSSR count). The zero-order chi connectivity index (χ0) is 6.97. The van der Waals surface area contributed by atoms with Crippen LogP contribution in [0.15, 0.2) is 24.7 Å². The number of nitrogens with zero attached hydrogens (tertiary/aromatic N) is 3. The van der Waals surface area contributed by atoms with Crippen molar-refractivity contribution in [3.8, 4) is 0 Å². The number of halogens is 1. The summed E-state index contributed by atoms with van der Waals surface area (Å²) >= 11 is 5.78. The molecular weight excluding hydrogens is 150 g/mol. The summed E-state index contributed by atoms with van der Waals surface area (Å²) in [5.74, 6) is 0.632. The Kier molecular flexibility index (Phi) is 1.11. The third-order valence-corrected chi connectivity index (χ3v) is 1.56. The summed E-state index contributed by atoms with van der Waals surface area (Å²) in [7, 11) is 0. The van der Waals surface area contributed by atoms with Gasteiger partial charge in [0.25, 0.3) is 0 Å². The first kappa shape index (κ1) is 5.68. The van der Waals surface area contributed by atoms with E-state index in [1.807, 2.05) is 0 Å². The van der Waals surface area contributed by atoms with Crippen molar-refractivity contribution in [2.45, 2.75) is 0 Å². The number of aromatic nitrogens is 3. The van der Waals surface area contributed by atoms with Crippen LogP contribution < -0.4 is 0 Å². The Morgan fingerprint density at radius 2 is 2.10 bits per heavy atom. The van der Waals surface area contributed by atoms with E-state index in [0.29, 0.717) is 10.9 Å². The van der Waals surface area contributed by atoms with E-state index in [2.05, 4.69) is 9.97 Å². The van der Waals surface area contributed by atoms with Gasteiger partial charge in [-0.05, 0) is 6.07 Å². The van der Waals surface area contributed by atoms with E-state index in [9.17, 15) is 0 Å². The lowest BCUT2D eigenvalue weighted by Crippen LogP contribution is -1.86. The molecule has 2 aromatic heterocycles. The van der Waals surface area contributed by atoms with Crippen LogP contribution in [0.3, 0.4) is 0 Å². The molecular formula is C6H4ClN3. The molecule has 0 fully saturated rings. The zero-order valence-electron chi connectivity index (χ0n) is 5.03. The minimum absolute atomic E-state index is 0.627. The molecule has 0 saturated heterocycles. The molecule has 0 N–H and O–H groups in total. The molecule has 0 aliphatic carbocycles. The van der Waals surface area contributed by atoms with Gasteiger partial charge in [-0.2, -0.15) is 0 Å². The standard InChI is InChI=1S/C6H4ClN3/c7-5-1-2-8-6-9-3-4-10(5)6/h1-4H. The van der Waals surface area contributed by atoms with Crippen molar-refractivity contribution in [2.75, 3.05) is 0 Å². The predicted octanol–water partition coefficient (Wildman–Crippen LogP) is 1.38. The van der Waals surface area contributed by atoms with Gasteiger partial charge in [0.05, 0.1) is 0 Å². The quantitative estimate of drug-likeness (QED) is 0.536. The minimum atomic E-state index is 0.627. The van der Waals surface area contributed by atoms with E-state index in [1.54, 1.807) is 29.1 Å². The van der Waals surface area contributed by atoms with Crippen molar-refractivity contribution in [3.63, 3.8) is 0 Å². The van der Waals surface area contributed by atoms with Crippen LogP contribution in [0.1, 0.15) is 0 Å². The average Bonchev–Trinajstić information content (AvgIpc) is 2.36. The number of rotatable bonds is 0. The highest BCUT2D eigenvalue weighted by atomic mass is 35.5. The maximum atomic E-state index is 5.78. The number of fused-ring (bicyclic) bond motifs is 1. The fourth-order valence-corrected chi connectivity index (χ4v) is 0.992. The predicted molar refractivity (Wildman–Crippen MR) is 38.0 cm³/mol. The molecule has 0 saturated carbocycles. The monoisotopic (exact) mass is 153 g/mol. The van der Waals surface area contributed by atoms with Crippen LogP contribution in [-0.4, -0.2) is 14.4 Å². The van der Waals surface area contributed by atoms with Crippen LogP contribution in [0.5, 0.6) is 0 Å². The third-order valence-electron chi connectivity index (χ3n) is 1.25. The first-order chi connectivity index (χ1) is 4.88. The summed E-state index contributed by atoms with van der Waals surface area (Å²) in [4.78, 5) is 7.92. The lowest BCUT2D eigenvalue weighted by Gasteiger charge is -1.92. The smallest absolute Gasteiger partial charge is 0.234 e. The Hall–Kier alpha value is -1.09. The zero-order valence-corrected chi connectivity index (χ0v) is 5.78. The number of hydrogen-bond acceptors (Lipinski definition) is 2. The molecule has 0 bridgehead atoms. The van der Waals surface area contributed by atoms with E-state index >= 15 is 0 Å². The summed E-state index contributed by atoms with van der Waals surface area (Å²) in [6, 6.07) is 1.72. The molecule has 2 heterocycles. The Morgan fingerprint density at radius 1 is 1.30 bits per heavy atom. The van der Waals surface area contributed by atoms with Crippen molar-refractivity contribution >= 4 is 17.4 Å². The van der Waals surface area contributed by atoms with Gasteiger partial charge in [0.15, 0.2) is 0 Å². The Balaban J connectivity index is 2.95. The van der Waals surface area contributed by atoms with Gasteiger partial charge in [-0.3, -0.25) is 4.40 Å². The molecule has 3 nitrogen and oxygen atoms in total. The van der Waals surface area contributed by atoms with E-state index in [4.69, 9.17) is 11.6 Å². The van der Waals surface area contributed by atoms with Gasteiger partial charge in [0, 0.05) is 18.6 Å². The fraction of sp³-hybridized carbons (Fsp3) is 0. The molecule has 0 aliphatic rings. The van der Waals surface area contributed by atoms with Gasteiger partial charge in [0.2, 0.25) is 5.78 Å². The molecule has 0 unspecified atom stereocenters. The highest BCUT2D eigenvalue weighted by Crippen LogP contribution is 2.07. The molecule has 2 aromatic rings. The molecule has 0 aromatic carbocycles. The first-order valence-electron chi connectivity index (χ1n) is 2.81. The Morgan fingerprint density at radius 3 is 2.90 bits per heavy atom. The first-order valence-corrected chi connectivity index (χ1v) is 3.19. The van der Waals surface area contributed by atoms with Crippen LogP contribution in [0.4, 0.5) is 0 Å². The normalized spacial score (nSPS) is 10.5. The Bertz CT molecular complexity index is 355. The van der Waals surface area contributed by atoms with Gasteiger partial charge in [0.1, 0.15) is 5.15 Å². The van der Waals surface area contributed by atoms with Crippen molar-refractivity contribution in [3.05, 3.63) is 29.8 Å². The molecule has 0 aliphatic heterocycles. The molecule has 0 amide bonds. The summed E-state index contributed by atoms with van der Waals surface area (Å²) in [5.41, 5.74) is 0. The molecule has 0 atom stereocenters. The SMILES string of the molecule is Clc1ccnc2nccn12. The van der Waals surface area contributed by atoms with E-state index in [-0.39, 0.29) is 0 Å². The number of hydrogen-bond donors (Lipinski definition) is 0. The van der Waals surface area contributed by atoms with Crippen molar-refractivity contribution in [1.29, 1.82) is 0 Å². The van der Waals surface area contributed by atoms with Crippen LogP contribution in [-0.2, 0) is 0 Å². The second-order valence-corrected chi connectivity index (χ2v) is 2.25. The van der Waals surface area contributed by atoms with Crippen LogP contribution in [0.2, 0.25) is 5.15 Å². The highest BCUT2D eigenvalue weighted by Gasteiger charge is 1.95. The van der Waals surface area contributed by atoms with Crippen LogP contribution in [0.25, 0.3) is 5.78 Å². The fourth-order valence-electron chi connectivity index (χ4n) is 0.804. The molecule has 4 heteroatoms. The van der Waals surface area contributed by atoms with Gasteiger partial charge >= 0.3 is 0 Å². The van der Waals surface area contributed by atoms with Gasteiger partial charge in [-0.15, -0.1) is 0 Å². The van der Waals surface area contributed by atoms with Crippen molar-refractivity contribution in [1.82, 2.24) is 14.4 Å². The van der Waals surface area contributed by atoms with Gasteiger partial charge < -0.3 is 0 Å². The molecule has 0 spiro atoms. The number of imidazole rings is 1. The lowest BCUT2D eigenvalue weighted by molar-refractivity contribution is 1.11. The maximum absolute atomic E-state index is 5.78. The topological polar surface area (TPSA) is 30.2 Å². The molecule has 10 heavy (non-hydrogen) atoms. The van der Waals surface area contributed by atoms with Gasteiger partial charge in [-0.25, -0.2) is 9.97 Å². The summed E-state index contributed by atoms with van der Waals surface area (Å²) < 4.78 is 1.71. The van der Waals surface area contributed by atoms with Crippen molar-refractivity contribution < 1.29 is 0 Å². The summed E-state index contributed by atoms with van der Waals surface area (Å²) in [6.45, 7) is 0. The van der Waals surface area contributed by atoms with Crippen molar-refractivity contribution in [2.24, 2.45) is 0 Å². The average molecular weight is 154 g/mol. The lowest BCUT2D eigenvalue weighted by atomic mass is 10.7. The molecule has 0 radical (unpaired) electrons. The van der Waals surface area contributed by atoms with E-state index < -0.39 is 0 Å². The molecule has 50 valence electrons. The highest BCUT2D eigenvalue weighted by molar-refractivity contribution is 6.29. The van der Waals surface area contributed by atoms with E-state index in [1.165, 1.54) is 0 Å². The summed E-state index contributed by atoms with van der Waals surface area (Å²) in [6.07, 6.45) is 5.06. The largest absolute Gasteiger partial charge is 0.274 e. The third kappa shape index (κ3) is 0.675. The van der Waals surface area contributed by atoms with Gasteiger partial charge in [-0.1, -0.05) is 11.6 Å². The van der Waals surface area contributed by atoms with E-state index in [0.717, 1.165) is 0 Å². The minimum Gasteiger partial charge on any atom is -0.274 e. The Labute approximate surface area is 62.3 Å².